The van der Waals surface area contributed by atoms with Gasteiger partial charge in [-0.2, -0.15) is 0 Å². The number of nitrogens with zero attached hydrogens (tertiary/aromatic N) is 5. The molecule has 1 saturated carbocycles. The fraction of sp³-hybridized carbons (Fsp3) is 0.833. The van der Waals surface area contributed by atoms with Gasteiger partial charge in [0.25, 0.3) is 0 Å². The maximum absolute atomic E-state index is 12.1. The number of hydrogen-bond acceptors (Lipinski definition) is 5. The van der Waals surface area contributed by atoms with E-state index in [1.54, 1.807) is 11.2 Å². The zero-order valence-corrected chi connectivity index (χ0v) is 18.0. The summed E-state index contributed by atoms with van der Waals surface area (Å²) in [4.78, 5) is 4.75. The fourth-order valence-electron chi connectivity index (χ4n) is 3.79. The molecule has 1 aliphatic heterocycles. The van der Waals surface area contributed by atoms with Crippen molar-refractivity contribution in [3.8, 4) is 0 Å². The van der Waals surface area contributed by atoms with Gasteiger partial charge in [0.05, 0.1) is 5.75 Å². The molecule has 2 aliphatic rings. The Bertz CT molecular complexity index is 776. The summed E-state index contributed by atoms with van der Waals surface area (Å²) in [5, 5.41) is 15.4. The zero-order chi connectivity index (χ0) is 20.1. The van der Waals surface area contributed by atoms with E-state index < -0.39 is 10.0 Å². The summed E-state index contributed by atoms with van der Waals surface area (Å²) in [6.07, 6.45) is 6.40. The maximum Gasteiger partial charge on any atom is 0.213 e. The Balaban J connectivity index is 1.62. The van der Waals surface area contributed by atoms with E-state index in [0.717, 1.165) is 43.3 Å². The molecule has 158 valence electrons. The van der Waals surface area contributed by atoms with E-state index >= 15 is 0 Å². The highest BCUT2D eigenvalue weighted by Gasteiger charge is 2.27. The number of rotatable bonds is 6. The van der Waals surface area contributed by atoms with Crippen LogP contribution in [0.4, 0.5) is 0 Å². The summed E-state index contributed by atoms with van der Waals surface area (Å²) >= 11 is 0. The normalized spacial score (nSPS) is 20.6. The molecule has 0 spiro atoms. The third kappa shape index (κ3) is 5.22. The number of aliphatic imine (C=N–C) groups is 1. The first-order valence-electron chi connectivity index (χ1n) is 10.3. The second kappa shape index (κ2) is 9.21. The lowest BCUT2D eigenvalue weighted by molar-refractivity contribution is 0.306. The van der Waals surface area contributed by atoms with Crippen molar-refractivity contribution in [3.63, 3.8) is 0 Å². The standard InChI is InChI=1S/C18H33N7O2S/c1-4-28(26,27)25-11-9-16(10-12-25)21-18(20-15-7-5-6-8-15)19-13-17-23-22-14(2)24(17)3/h15-16H,4-13H2,1-3H3,(H2,19,20,21). The average molecular weight is 412 g/mol. The van der Waals surface area contributed by atoms with Crippen molar-refractivity contribution in [2.45, 2.75) is 71.0 Å². The van der Waals surface area contributed by atoms with E-state index in [4.69, 9.17) is 4.99 Å². The minimum atomic E-state index is -3.10. The van der Waals surface area contributed by atoms with Gasteiger partial charge in [-0.3, -0.25) is 0 Å². The topological polar surface area (TPSA) is 105 Å². The molecule has 2 N–H and O–H groups in total. The Hall–Kier alpha value is -1.68. The molecule has 0 bridgehead atoms. The Morgan fingerprint density at radius 1 is 1.11 bits per heavy atom. The van der Waals surface area contributed by atoms with Gasteiger partial charge >= 0.3 is 0 Å². The summed E-state index contributed by atoms with van der Waals surface area (Å²) in [5.41, 5.74) is 0. The highest BCUT2D eigenvalue weighted by molar-refractivity contribution is 7.89. The first-order valence-corrected chi connectivity index (χ1v) is 11.9. The van der Waals surface area contributed by atoms with Crippen molar-refractivity contribution >= 4 is 16.0 Å². The number of hydrogen-bond donors (Lipinski definition) is 2. The number of nitrogens with one attached hydrogen (secondary N) is 2. The SMILES string of the molecule is CCS(=O)(=O)N1CCC(NC(=NCc2nnc(C)n2C)NC2CCCC2)CC1. The first-order chi connectivity index (χ1) is 13.4. The molecule has 1 saturated heterocycles. The van der Waals surface area contributed by atoms with Gasteiger partial charge in [0.2, 0.25) is 10.0 Å². The quantitative estimate of drug-likeness (QED) is 0.533. The molecule has 0 radical (unpaired) electrons. The predicted octanol–water partition coefficient (Wildman–Crippen LogP) is 0.915. The van der Waals surface area contributed by atoms with E-state index in [1.807, 2.05) is 18.5 Å². The summed E-state index contributed by atoms with van der Waals surface area (Å²) in [5.74, 6) is 2.66. The molecule has 0 atom stereocenters. The third-order valence-corrected chi connectivity index (χ3v) is 7.69. The van der Waals surface area contributed by atoms with Crippen LogP contribution in [0.1, 0.15) is 57.1 Å². The van der Waals surface area contributed by atoms with Gasteiger partial charge in [-0.05, 0) is 39.5 Å². The molecule has 2 fully saturated rings. The van der Waals surface area contributed by atoms with Crippen LogP contribution in [-0.4, -0.2) is 64.4 Å². The van der Waals surface area contributed by atoms with Crippen molar-refractivity contribution in [3.05, 3.63) is 11.6 Å². The number of aromatic nitrogens is 3. The number of piperidine rings is 1. The number of aryl methyl sites for hydroxylation is 1. The smallest absolute Gasteiger partial charge is 0.213 e. The van der Waals surface area contributed by atoms with Gasteiger partial charge < -0.3 is 15.2 Å². The van der Waals surface area contributed by atoms with Gasteiger partial charge in [0.15, 0.2) is 11.8 Å². The lowest BCUT2D eigenvalue weighted by atomic mass is 10.1. The van der Waals surface area contributed by atoms with Crippen LogP contribution in [0.25, 0.3) is 0 Å². The molecule has 1 aromatic rings. The van der Waals surface area contributed by atoms with E-state index in [0.29, 0.717) is 25.7 Å². The van der Waals surface area contributed by atoms with Crippen LogP contribution in [0.5, 0.6) is 0 Å². The number of guanidine groups is 1. The van der Waals surface area contributed by atoms with E-state index in [9.17, 15) is 8.42 Å². The Labute approximate surface area is 168 Å². The minimum Gasteiger partial charge on any atom is -0.354 e. The average Bonchev–Trinajstić information content (AvgIpc) is 3.31. The molecule has 9 nitrogen and oxygen atoms in total. The second-order valence-electron chi connectivity index (χ2n) is 7.73. The predicted molar refractivity (Wildman–Crippen MR) is 109 cm³/mol. The second-order valence-corrected chi connectivity index (χ2v) is 9.99. The molecule has 10 heteroatoms. The molecule has 1 aliphatic carbocycles. The first kappa shape index (κ1) is 21.0. The van der Waals surface area contributed by atoms with Crippen molar-refractivity contribution in [1.82, 2.24) is 29.7 Å². The minimum absolute atomic E-state index is 0.165. The Morgan fingerprint density at radius 2 is 1.71 bits per heavy atom. The third-order valence-electron chi connectivity index (χ3n) is 5.81. The summed E-state index contributed by atoms with van der Waals surface area (Å²) in [7, 11) is -1.15. The summed E-state index contributed by atoms with van der Waals surface area (Å²) in [6, 6.07) is 0.672. The van der Waals surface area contributed by atoms with Crippen molar-refractivity contribution in [2.75, 3.05) is 18.8 Å². The molecule has 28 heavy (non-hydrogen) atoms. The molecule has 2 heterocycles. The van der Waals surface area contributed by atoms with E-state index in [1.165, 1.54) is 12.8 Å². The van der Waals surface area contributed by atoms with Crippen LogP contribution in [-0.2, 0) is 23.6 Å². The van der Waals surface area contributed by atoms with Gasteiger partial charge in [0.1, 0.15) is 12.4 Å². The summed E-state index contributed by atoms with van der Waals surface area (Å²) in [6.45, 7) is 5.21. The molecular weight excluding hydrogens is 378 g/mol. The monoisotopic (exact) mass is 411 g/mol. The van der Waals surface area contributed by atoms with Crippen molar-refractivity contribution in [2.24, 2.45) is 12.0 Å². The van der Waals surface area contributed by atoms with Gasteiger partial charge in [0, 0.05) is 32.2 Å². The van der Waals surface area contributed by atoms with Gasteiger partial charge in [-0.1, -0.05) is 12.8 Å². The molecule has 3 rings (SSSR count). The van der Waals surface area contributed by atoms with Gasteiger partial charge in [-0.15, -0.1) is 10.2 Å². The highest BCUT2D eigenvalue weighted by atomic mass is 32.2. The van der Waals surface area contributed by atoms with Crippen molar-refractivity contribution < 1.29 is 8.42 Å². The molecule has 0 amide bonds. The largest absolute Gasteiger partial charge is 0.354 e. The van der Waals surface area contributed by atoms with Crippen LogP contribution in [0.15, 0.2) is 4.99 Å². The van der Waals surface area contributed by atoms with Crippen LogP contribution in [0.3, 0.4) is 0 Å². The Morgan fingerprint density at radius 3 is 2.25 bits per heavy atom. The molecular formula is C18H33N7O2S. The molecule has 0 unspecified atom stereocenters. The van der Waals surface area contributed by atoms with Crippen LogP contribution >= 0.6 is 0 Å². The fourth-order valence-corrected chi connectivity index (χ4v) is 4.92. The van der Waals surface area contributed by atoms with Crippen LogP contribution in [0.2, 0.25) is 0 Å². The summed E-state index contributed by atoms with van der Waals surface area (Å²) < 4.78 is 27.7. The van der Waals surface area contributed by atoms with Crippen LogP contribution in [0, 0.1) is 6.92 Å². The number of sulfonamides is 1. The van der Waals surface area contributed by atoms with E-state index in [-0.39, 0.29) is 11.8 Å². The lowest BCUT2D eigenvalue weighted by Crippen LogP contribution is -2.51. The van der Waals surface area contributed by atoms with E-state index in [2.05, 4.69) is 20.8 Å². The zero-order valence-electron chi connectivity index (χ0n) is 17.2. The highest BCUT2D eigenvalue weighted by Crippen LogP contribution is 2.18. The van der Waals surface area contributed by atoms with Crippen LogP contribution < -0.4 is 10.6 Å². The van der Waals surface area contributed by atoms with Crippen molar-refractivity contribution in [1.29, 1.82) is 0 Å². The maximum atomic E-state index is 12.1. The lowest BCUT2D eigenvalue weighted by Gasteiger charge is -2.32. The molecule has 0 aromatic carbocycles. The Kier molecular flexibility index (Phi) is 6.92. The van der Waals surface area contributed by atoms with Gasteiger partial charge in [-0.25, -0.2) is 17.7 Å². The molecule has 1 aromatic heterocycles.